The molecule has 1 aliphatic rings. The van der Waals surface area contributed by atoms with E-state index in [1.165, 1.54) is 19.1 Å². The van der Waals surface area contributed by atoms with Crippen LogP contribution in [0.1, 0.15) is 34.0 Å². The number of amides is 1. The second kappa shape index (κ2) is 5.80. The molecule has 4 heteroatoms. The Hall–Kier alpha value is -2.75. The minimum atomic E-state index is -0.302. The van der Waals surface area contributed by atoms with E-state index in [0.29, 0.717) is 17.6 Å². The van der Waals surface area contributed by atoms with E-state index in [1.807, 2.05) is 6.92 Å². The minimum Gasteiger partial charge on any atom is -0.326 e. The fourth-order valence-electron chi connectivity index (χ4n) is 2.84. The summed E-state index contributed by atoms with van der Waals surface area (Å²) in [7, 11) is 0. The van der Waals surface area contributed by atoms with Crippen LogP contribution in [0, 0.1) is 12.7 Å². The molecule has 2 aromatic rings. The van der Waals surface area contributed by atoms with Crippen LogP contribution in [0.4, 0.5) is 10.1 Å². The van der Waals surface area contributed by atoms with E-state index >= 15 is 0 Å². The lowest BCUT2D eigenvalue weighted by molar-refractivity contribution is -0.114. The Morgan fingerprint density at radius 3 is 2.52 bits per heavy atom. The average molecular weight is 309 g/mol. The lowest BCUT2D eigenvalue weighted by Gasteiger charge is -2.10. The van der Waals surface area contributed by atoms with E-state index in [4.69, 9.17) is 0 Å². The molecule has 0 fully saturated rings. The predicted molar refractivity (Wildman–Crippen MR) is 87.9 cm³/mol. The van der Waals surface area contributed by atoms with Gasteiger partial charge >= 0.3 is 0 Å². The average Bonchev–Trinajstić information content (AvgIpc) is 2.82. The summed E-state index contributed by atoms with van der Waals surface area (Å²) in [5.41, 5.74) is 4.72. The van der Waals surface area contributed by atoms with Crippen molar-refractivity contribution in [3.05, 3.63) is 70.0 Å². The molecule has 2 aromatic carbocycles. The molecule has 1 aliphatic carbocycles. The maximum absolute atomic E-state index is 13.0. The molecule has 0 heterocycles. The Kier molecular flexibility index (Phi) is 3.82. The molecule has 0 aromatic heterocycles. The number of hydrogen-bond donors (Lipinski definition) is 1. The number of allylic oxidation sites excluding steroid dienone is 1. The lowest BCUT2D eigenvalue weighted by Crippen LogP contribution is -2.08. The zero-order chi connectivity index (χ0) is 16.6. The highest BCUT2D eigenvalue weighted by molar-refractivity contribution is 6.16. The van der Waals surface area contributed by atoms with E-state index in [9.17, 15) is 14.0 Å². The van der Waals surface area contributed by atoms with Gasteiger partial charge in [0.05, 0.1) is 0 Å². The summed E-state index contributed by atoms with van der Waals surface area (Å²) in [5, 5.41) is 2.78. The topological polar surface area (TPSA) is 46.2 Å². The van der Waals surface area contributed by atoms with Gasteiger partial charge in [-0.1, -0.05) is 12.1 Å². The molecule has 1 N–H and O–H groups in total. The molecule has 23 heavy (non-hydrogen) atoms. The first kappa shape index (κ1) is 15.2. The molecule has 0 bridgehead atoms. The van der Waals surface area contributed by atoms with Crippen LogP contribution in [0.2, 0.25) is 0 Å². The van der Waals surface area contributed by atoms with Gasteiger partial charge in [-0.2, -0.15) is 0 Å². The number of carbonyl (C=O) groups excluding carboxylic acids is 2. The number of nitrogens with one attached hydrogen (secondary N) is 1. The van der Waals surface area contributed by atoms with E-state index in [0.717, 1.165) is 22.4 Å². The summed E-state index contributed by atoms with van der Waals surface area (Å²) >= 11 is 0. The molecule has 116 valence electrons. The molecule has 0 spiro atoms. The smallest absolute Gasteiger partial charge is 0.221 e. The number of Topliss-reactive ketones (excluding diaryl/α,β-unsaturated/α-hetero) is 1. The second-order valence-electron chi connectivity index (χ2n) is 5.67. The van der Waals surface area contributed by atoms with E-state index in [1.54, 1.807) is 30.3 Å². The van der Waals surface area contributed by atoms with Crippen molar-refractivity contribution in [3.63, 3.8) is 0 Å². The minimum absolute atomic E-state index is 0.0122. The van der Waals surface area contributed by atoms with Crippen molar-refractivity contribution in [1.82, 2.24) is 0 Å². The highest BCUT2D eigenvalue weighted by atomic mass is 19.1. The molecule has 0 aliphatic heterocycles. The quantitative estimate of drug-likeness (QED) is 0.855. The first-order valence-electron chi connectivity index (χ1n) is 7.36. The van der Waals surface area contributed by atoms with Crippen molar-refractivity contribution in [2.24, 2.45) is 0 Å². The van der Waals surface area contributed by atoms with Crippen molar-refractivity contribution < 1.29 is 14.0 Å². The fourth-order valence-corrected chi connectivity index (χ4v) is 2.84. The second-order valence-corrected chi connectivity index (χ2v) is 5.67. The standard InChI is InChI=1S/C19H16FNO2/c1-11-17-10-14(9-13-3-5-15(20)6-4-13)19(23)16(17)7-8-18(11)21-12(2)22/h3-9H,10H2,1-2H3,(H,21,22)/b14-9+. The number of benzene rings is 2. The number of hydrogen-bond acceptors (Lipinski definition) is 2. The predicted octanol–water partition coefficient (Wildman–Crippen LogP) is 3.91. The van der Waals surface area contributed by atoms with Crippen LogP contribution in [0.5, 0.6) is 0 Å². The van der Waals surface area contributed by atoms with E-state index < -0.39 is 0 Å². The normalized spacial score (nSPS) is 14.9. The molecule has 1 amide bonds. The van der Waals surface area contributed by atoms with Gasteiger partial charge in [0.25, 0.3) is 0 Å². The maximum atomic E-state index is 13.0. The van der Waals surface area contributed by atoms with E-state index in [2.05, 4.69) is 5.32 Å². The number of carbonyl (C=O) groups is 2. The molecule has 0 radical (unpaired) electrons. The summed E-state index contributed by atoms with van der Waals surface area (Å²) in [6.45, 7) is 3.36. The monoisotopic (exact) mass is 309 g/mol. The maximum Gasteiger partial charge on any atom is 0.221 e. The van der Waals surface area contributed by atoms with Crippen LogP contribution < -0.4 is 5.32 Å². The van der Waals surface area contributed by atoms with Crippen LogP contribution in [0.15, 0.2) is 42.0 Å². The zero-order valence-electron chi connectivity index (χ0n) is 12.9. The van der Waals surface area contributed by atoms with Crippen LogP contribution in [-0.2, 0) is 11.2 Å². The van der Waals surface area contributed by atoms with Crippen molar-refractivity contribution >= 4 is 23.5 Å². The van der Waals surface area contributed by atoms with Gasteiger partial charge in [-0.15, -0.1) is 0 Å². The Morgan fingerprint density at radius 2 is 1.87 bits per heavy atom. The van der Waals surface area contributed by atoms with Gasteiger partial charge in [0.1, 0.15) is 5.82 Å². The molecule has 0 saturated heterocycles. The summed E-state index contributed by atoms with van der Waals surface area (Å²) in [6, 6.07) is 9.55. The molecular weight excluding hydrogens is 293 g/mol. The third-order valence-corrected chi connectivity index (χ3v) is 4.02. The highest BCUT2D eigenvalue weighted by Gasteiger charge is 2.27. The number of ketones is 1. The molecular formula is C19H16FNO2. The third-order valence-electron chi connectivity index (χ3n) is 4.02. The van der Waals surface area contributed by atoms with Gasteiger partial charge in [0, 0.05) is 30.2 Å². The molecule has 3 nitrogen and oxygen atoms in total. The van der Waals surface area contributed by atoms with Gasteiger partial charge in [-0.3, -0.25) is 9.59 Å². The summed E-state index contributed by atoms with van der Waals surface area (Å²) in [4.78, 5) is 23.8. The lowest BCUT2D eigenvalue weighted by atomic mass is 10.0. The van der Waals surface area contributed by atoms with Crippen molar-refractivity contribution in [3.8, 4) is 0 Å². The van der Waals surface area contributed by atoms with Crippen LogP contribution in [0.3, 0.4) is 0 Å². The summed E-state index contributed by atoms with van der Waals surface area (Å²) in [5.74, 6) is -0.453. The van der Waals surface area contributed by atoms with Crippen LogP contribution in [0.25, 0.3) is 6.08 Å². The number of fused-ring (bicyclic) bond motifs is 1. The van der Waals surface area contributed by atoms with Gasteiger partial charge in [0.2, 0.25) is 5.91 Å². The Labute approximate surface area is 133 Å². The van der Waals surface area contributed by atoms with Gasteiger partial charge in [-0.05, 0) is 54.0 Å². The van der Waals surface area contributed by atoms with Crippen LogP contribution >= 0.6 is 0 Å². The summed E-state index contributed by atoms with van der Waals surface area (Å²) < 4.78 is 13.0. The molecule has 0 saturated carbocycles. The zero-order valence-corrected chi connectivity index (χ0v) is 12.9. The number of anilines is 1. The molecule has 3 rings (SSSR count). The van der Waals surface area contributed by atoms with Gasteiger partial charge in [0.15, 0.2) is 5.78 Å². The number of rotatable bonds is 2. The third kappa shape index (κ3) is 2.93. The largest absolute Gasteiger partial charge is 0.326 e. The Balaban J connectivity index is 1.97. The first-order chi connectivity index (χ1) is 11.0. The van der Waals surface area contributed by atoms with Crippen molar-refractivity contribution in [1.29, 1.82) is 0 Å². The van der Waals surface area contributed by atoms with Crippen LogP contribution in [-0.4, -0.2) is 11.7 Å². The fraction of sp³-hybridized carbons (Fsp3) is 0.158. The SMILES string of the molecule is CC(=O)Nc1ccc2c(c1C)C/C(=C\c1ccc(F)cc1)C2=O. The Bertz CT molecular complexity index is 835. The molecule has 0 unspecified atom stereocenters. The van der Waals surface area contributed by atoms with Crippen molar-refractivity contribution in [2.75, 3.05) is 5.32 Å². The Morgan fingerprint density at radius 1 is 1.17 bits per heavy atom. The van der Waals surface area contributed by atoms with Gasteiger partial charge < -0.3 is 5.32 Å². The van der Waals surface area contributed by atoms with Crippen molar-refractivity contribution in [2.45, 2.75) is 20.3 Å². The van der Waals surface area contributed by atoms with E-state index in [-0.39, 0.29) is 17.5 Å². The number of halogens is 1. The highest BCUT2D eigenvalue weighted by Crippen LogP contribution is 2.33. The first-order valence-corrected chi connectivity index (χ1v) is 7.36. The summed E-state index contributed by atoms with van der Waals surface area (Å²) in [6.07, 6.45) is 2.31. The molecule has 0 atom stereocenters. The van der Waals surface area contributed by atoms with Gasteiger partial charge in [-0.25, -0.2) is 4.39 Å².